The number of amides is 1. The van der Waals surface area contributed by atoms with E-state index < -0.39 is 0 Å². The van der Waals surface area contributed by atoms with Gasteiger partial charge in [0.05, 0.1) is 17.1 Å². The summed E-state index contributed by atoms with van der Waals surface area (Å²) in [6, 6.07) is 11.8. The fourth-order valence-electron chi connectivity index (χ4n) is 3.62. The number of likely N-dealkylation sites (N-methyl/N-ethyl adjacent to an activating group) is 1. The topological polar surface area (TPSA) is 63.1 Å². The summed E-state index contributed by atoms with van der Waals surface area (Å²) >= 11 is 0. The van der Waals surface area contributed by atoms with E-state index in [4.69, 9.17) is 0 Å². The summed E-state index contributed by atoms with van der Waals surface area (Å²) in [7, 11) is 2.02. The van der Waals surface area contributed by atoms with Gasteiger partial charge in [-0.25, -0.2) is 9.97 Å². The molecule has 1 aliphatic rings. The molecule has 1 aromatic carbocycles. The zero-order chi connectivity index (χ0) is 17.9. The minimum absolute atomic E-state index is 0.0297. The molecule has 1 atom stereocenters. The number of benzene rings is 1. The van der Waals surface area contributed by atoms with Crippen molar-refractivity contribution in [2.75, 3.05) is 13.6 Å². The van der Waals surface area contributed by atoms with E-state index >= 15 is 0 Å². The molecule has 1 fully saturated rings. The standard InChI is InChI=1S/C20H23N5O/c1-24-12-5-4-10-18(24)20(26)22-13-15-7-6-11-21-19(15)25-14-23-16-8-2-3-9-17(16)25/h2-3,6-9,11,14,18H,4-5,10,12-13H2,1H3,(H,22,26)/t18-/m1/s1. The van der Waals surface area contributed by atoms with Gasteiger partial charge in [0.25, 0.3) is 0 Å². The molecule has 0 bridgehead atoms. The van der Waals surface area contributed by atoms with Gasteiger partial charge in [-0.05, 0) is 44.6 Å². The SMILES string of the molecule is CN1CCCC[C@@H]1C(=O)NCc1cccnc1-n1cnc2ccccc21. The average molecular weight is 349 g/mol. The van der Waals surface area contributed by atoms with Gasteiger partial charge in [0.15, 0.2) is 0 Å². The first-order valence-electron chi connectivity index (χ1n) is 9.08. The molecule has 0 aliphatic carbocycles. The summed E-state index contributed by atoms with van der Waals surface area (Å²) < 4.78 is 1.98. The third-order valence-corrected chi connectivity index (χ3v) is 5.08. The van der Waals surface area contributed by atoms with Gasteiger partial charge in [-0.15, -0.1) is 0 Å². The van der Waals surface area contributed by atoms with Crippen LogP contribution in [0.25, 0.3) is 16.9 Å². The second-order valence-electron chi connectivity index (χ2n) is 6.80. The molecule has 26 heavy (non-hydrogen) atoms. The van der Waals surface area contributed by atoms with Crippen molar-refractivity contribution >= 4 is 16.9 Å². The molecule has 2 aromatic heterocycles. The highest BCUT2D eigenvalue weighted by molar-refractivity contribution is 5.82. The first-order valence-corrected chi connectivity index (χ1v) is 9.08. The van der Waals surface area contributed by atoms with Crippen LogP contribution in [0.1, 0.15) is 24.8 Å². The van der Waals surface area contributed by atoms with Crippen LogP contribution in [-0.4, -0.2) is 45.0 Å². The highest BCUT2D eigenvalue weighted by Gasteiger charge is 2.25. The van der Waals surface area contributed by atoms with Gasteiger partial charge in [-0.1, -0.05) is 24.6 Å². The Kier molecular flexibility index (Phi) is 4.67. The van der Waals surface area contributed by atoms with Gasteiger partial charge >= 0.3 is 0 Å². The number of nitrogens with zero attached hydrogens (tertiary/aromatic N) is 4. The quantitative estimate of drug-likeness (QED) is 0.786. The molecule has 1 N–H and O–H groups in total. The molecule has 4 rings (SSSR count). The Bertz CT molecular complexity index is 919. The number of fused-ring (bicyclic) bond motifs is 1. The third-order valence-electron chi connectivity index (χ3n) is 5.08. The van der Waals surface area contributed by atoms with E-state index in [0.29, 0.717) is 6.54 Å². The highest BCUT2D eigenvalue weighted by Crippen LogP contribution is 2.20. The summed E-state index contributed by atoms with van der Waals surface area (Å²) in [6.07, 6.45) is 6.76. The van der Waals surface area contributed by atoms with Crippen molar-refractivity contribution in [1.29, 1.82) is 0 Å². The number of hydrogen-bond acceptors (Lipinski definition) is 4. The Morgan fingerprint density at radius 2 is 2.08 bits per heavy atom. The maximum absolute atomic E-state index is 12.6. The number of carbonyl (C=O) groups excluding carboxylic acids is 1. The van der Waals surface area contributed by atoms with Crippen LogP contribution in [-0.2, 0) is 11.3 Å². The summed E-state index contributed by atoms with van der Waals surface area (Å²) in [5, 5.41) is 3.10. The van der Waals surface area contributed by atoms with Crippen LogP contribution in [0.5, 0.6) is 0 Å². The number of para-hydroxylation sites is 2. The first kappa shape index (κ1) is 16.7. The maximum Gasteiger partial charge on any atom is 0.237 e. The van der Waals surface area contributed by atoms with E-state index in [1.54, 1.807) is 12.5 Å². The molecule has 1 saturated heterocycles. The summed E-state index contributed by atoms with van der Waals surface area (Å²) in [5.74, 6) is 0.899. The maximum atomic E-state index is 12.6. The van der Waals surface area contributed by atoms with Gasteiger partial charge in [0.1, 0.15) is 12.1 Å². The molecule has 0 radical (unpaired) electrons. The Balaban J connectivity index is 1.56. The second kappa shape index (κ2) is 7.25. The summed E-state index contributed by atoms with van der Waals surface area (Å²) in [5.41, 5.74) is 2.91. The molecule has 3 heterocycles. The lowest BCUT2D eigenvalue weighted by atomic mass is 10.0. The molecular formula is C20H23N5O. The Labute approximate surface area is 152 Å². The molecule has 0 unspecified atom stereocenters. The minimum Gasteiger partial charge on any atom is -0.351 e. The van der Waals surface area contributed by atoms with Crippen molar-refractivity contribution in [1.82, 2.24) is 24.8 Å². The highest BCUT2D eigenvalue weighted by atomic mass is 16.2. The fraction of sp³-hybridized carbons (Fsp3) is 0.350. The lowest BCUT2D eigenvalue weighted by molar-refractivity contribution is -0.127. The largest absolute Gasteiger partial charge is 0.351 e. The molecule has 134 valence electrons. The number of piperidine rings is 1. The van der Waals surface area contributed by atoms with Gasteiger partial charge in [0, 0.05) is 18.3 Å². The number of aromatic nitrogens is 3. The molecule has 1 aliphatic heterocycles. The lowest BCUT2D eigenvalue weighted by Crippen LogP contribution is -2.47. The van der Waals surface area contributed by atoms with Crippen LogP contribution in [0.2, 0.25) is 0 Å². The summed E-state index contributed by atoms with van der Waals surface area (Å²) in [6.45, 7) is 1.44. The average Bonchev–Trinajstić information content (AvgIpc) is 3.11. The van der Waals surface area contributed by atoms with E-state index in [9.17, 15) is 4.79 Å². The van der Waals surface area contributed by atoms with E-state index in [-0.39, 0.29) is 11.9 Å². The predicted molar refractivity (Wildman–Crippen MR) is 101 cm³/mol. The number of rotatable bonds is 4. The number of likely N-dealkylation sites (tertiary alicyclic amines) is 1. The lowest BCUT2D eigenvalue weighted by Gasteiger charge is -2.31. The zero-order valence-electron chi connectivity index (χ0n) is 14.9. The Hall–Kier alpha value is -2.73. The van der Waals surface area contributed by atoms with Crippen LogP contribution < -0.4 is 5.32 Å². The number of carbonyl (C=O) groups is 1. The van der Waals surface area contributed by atoms with Gasteiger partial charge in [0.2, 0.25) is 5.91 Å². The van der Waals surface area contributed by atoms with Crippen molar-refractivity contribution < 1.29 is 4.79 Å². The van der Waals surface area contributed by atoms with Crippen molar-refractivity contribution in [2.45, 2.75) is 31.8 Å². The Morgan fingerprint density at radius 1 is 1.19 bits per heavy atom. The molecule has 0 saturated carbocycles. The predicted octanol–water partition coefficient (Wildman–Crippen LogP) is 2.52. The van der Waals surface area contributed by atoms with Crippen molar-refractivity contribution in [3.8, 4) is 5.82 Å². The van der Waals surface area contributed by atoms with E-state index in [0.717, 1.165) is 41.8 Å². The summed E-state index contributed by atoms with van der Waals surface area (Å²) in [4.78, 5) is 23.7. The second-order valence-corrected chi connectivity index (χ2v) is 6.80. The van der Waals surface area contributed by atoms with Gasteiger partial charge in [-0.3, -0.25) is 14.3 Å². The van der Waals surface area contributed by atoms with Crippen molar-refractivity contribution in [2.24, 2.45) is 0 Å². The smallest absolute Gasteiger partial charge is 0.237 e. The van der Waals surface area contributed by atoms with Gasteiger partial charge < -0.3 is 5.32 Å². The molecule has 0 spiro atoms. The molecule has 1 amide bonds. The third kappa shape index (κ3) is 3.20. The van der Waals surface area contributed by atoms with Crippen LogP contribution >= 0.6 is 0 Å². The first-order chi connectivity index (χ1) is 12.7. The van der Waals surface area contributed by atoms with E-state index in [1.807, 2.05) is 48.0 Å². The van der Waals surface area contributed by atoms with E-state index in [2.05, 4.69) is 20.2 Å². The van der Waals surface area contributed by atoms with Crippen molar-refractivity contribution in [3.05, 3.63) is 54.5 Å². The van der Waals surface area contributed by atoms with Gasteiger partial charge in [-0.2, -0.15) is 0 Å². The monoisotopic (exact) mass is 349 g/mol. The number of hydrogen-bond donors (Lipinski definition) is 1. The molecular weight excluding hydrogens is 326 g/mol. The molecule has 6 nitrogen and oxygen atoms in total. The van der Waals surface area contributed by atoms with Crippen LogP contribution in [0.3, 0.4) is 0 Å². The van der Waals surface area contributed by atoms with Crippen LogP contribution in [0.15, 0.2) is 48.9 Å². The zero-order valence-corrected chi connectivity index (χ0v) is 14.9. The Morgan fingerprint density at radius 3 is 2.96 bits per heavy atom. The van der Waals surface area contributed by atoms with Crippen molar-refractivity contribution in [3.63, 3.8) is 0 Å². The molecule has 6 heteroatoms. The van der Waals surface area contributed by atoms with Crippen LogP contribution in [0.4, 0.5) is 0 Å². The van der Waals surface area contributed by atoms with Crippen LogP contribution in [0, 0.1) is 0 Å². The number of imidazole rings is 1. The molecule has 3 aromatic rings. The minimum atomic E-state index is -0.0297. The number of nitrogens with one attached hydrogen (secondary N) is 1. The normalized spacial score (nSPS) is 18.1. The fourth-order valence-corrected chi connectivity index (χ4v) is 3.62. The number of pyridine rings is 1. The van der Waals surface area contributed by atoms with E-state index in [1.165, 1.54) is 6.42 Å².